The van der Waals surface area contributed by atoms with E-state index < -0.39 is 17.5 Å². The van der Waals surface area contributed by atoms with Crippen molar-refractivity contribution in [2.75, 3.05) is 11.9 Å². The monoisotopic (exact) mass is 409 g/mol. The molecule has 1 aromatic carbocycles. The molecule has 132 valence electrons. The molecule has 25 heavy (non-hydrogen) atoms. The molecular weight excluding hydrogens is 393 g/mol. The highest BCUT2D eigenvalue weighted by Crippen LogP contribution is 2.33. The molecule has 0 radical (unpaired) electrons. The first-order valence-electron chi connectivity index (χ1n) is 7.58. The van der Waals surface area contributed by atoms with Gasteiger partial charge in [-0.25, -0.2) is 18.9 Å². The van der Waals surface area contributed by atoms with Crippen molar-refractivity contribution in [2.45, 2.75) is 26.4 Å². The highest BCUT2D eigenvalue weighted by Gasteiger charge is 2.25. The topological polar surface area (TPSA) is 72.3 Å². The number of ether oxygens (including phenoxy) is 1. The third-order valence-electron chi connectivity index (χ3n) is 3.68. The number of halogens is 2. The van der Waals surface area contributed by atoms with E-state index in [-0.39, 0.29) is 11.3 Å². The fourth-order valence-corrected chi connectivity index (χ4v) is 2.91. The highest BCUT2D eigenvalue weighted by molar-refractivity contribution is 9.10. The van der Waals surface area contributed by atoms with Gasteiger partial charge in [0.2, 0.25) is 0 Å². The number of aromatic nitrogens is 2. The highest BCUT2D eigenvalue weighted by atomic mass is 79.9. The minimum Gasteiger partial charge on any atom is -0.710 e. The van der Waals surface area contributed by atoms with Crippen LogP contribution < -0.4 is 9.63 Å². The molecule has 0 bridgehead atoms. The second-order valence-corrected chi connectivity index (χ2v) is 7.54. The van der Waals surface area contributed by atoms with Gasteiger partial charge in [-0.1, -0.05) is 0 Å². The van der Waals surface area contributed by atoms with Gasteiger partial charge in [0.15, 0.2) is 10.1 Å². The van der Waals surface area contributed by atoms with Crippen molar-refractivity contribution in [3.63, 3.8) is 0 Å². The van der Waals surface area contributed by atoms with Gasteiger partial charge in [0, 0.05) is 18.5 Å². The molecule has 1 N–H and O–H groups in total. The molecule has 0 fully saturated rings. The molecule has 0 aliphatic rings. The summed E-state index contributed by atoms with van der Waals surface area (Å²) in [5.74, 6) is -0.515. The van der Waals surface area contributed by atoms with Crippen molar-refractivity contribution >= 4 is 49.6 Å². The number of carbonyl (C=O) groups excluding carboxylic acids is 1. The first kappa shape index (κ1) is 17.5. The van der Waals surface area contributed by atoms with Crippen molar-refractivity contribution in [3.8, 4) is 0 Å². The average Bonchev–Trinajstić information content (AvgIpc) is 2.87. The minimum absolute atomic E-state index is 0.272. The number of nitrogens with one attached hydrogen (secondary N) is 1. The number of pyridine rings is 1. The molecule has 0 spiro atoms. The van der Waals surface area contributed by atoms with E-state index in [1.165, 1.54) is 24.1 Å². The van der Waals surface area contributed by atoms with Gasteiger partial charge in [0.05, 0.1) is 11.1 Å². The van der Waals surface area contributed by atoms with E-state index in [0.29, 0.717) is 25.6 Å². The fraction of sp³-hybridized carbons (Fsp3) is 0.294. The van der Waals surface area contributed by atoms with E-state index in [1.54, 1.807) is 32.9 Å². The number of fused-ring (bicyclic) bond motifs is 3. The Hall–Kier alpha value is -2.35. The summed E-state index contributed by atoms with van der Waals surface area (Å²) in [6, 6.07) is 5.86. The number of anilines is 1. The first-order valence-corrected chi connectivity index (χ1v) is 8.37. The average molecular weight is 410 g/mol. The van der Waals surface area contributed by atoms with Gasteiger partial charge in [-0.3, -0.25) is 4.90 Å². The van der Waals surface area contributed by atoms with Crippen LogP contribution in [0.25, 0.3) is 21.9 Å². The van der Waals surface area contributed by atoms with E-state index in [4.69, 9.17) is 4.74 Å². The summed E-state index contributed by atoms with van der Waals surface area (Å²) >= 11 is 3.16. The van der Waals surface area contributed by atoms with Crippen LogP contribution in [0, 0.1) is 11.0 Å². The Balaban J connectivity index is 2.22. The molecule has 6 nitrogen and oxygen atoms in total. The second-order valence-electron chi connectivity index (χ2n) is 6.72. The van der Waals surface area contributed by atoms with Crippen molar-refractivity contribution in [3.05, 3.63) is 39.9 Å². The first-order chi connectivity index (χ1) is 11.6. The van der Waals surface area contributed by atoms with Gasteiger partial charge in [-0.15, -0.1) is 0 Å². The van der Waals surface area contributed by atoms with Crippen LogP contribution in [-0.4, -0.2) is 23.7 Å². The minimum atomic E-state index is -0.679. The maximum atomic E-state index is 14.2. The third kappa shape index (κ3) is 3.13. The third-order valence-corrected chi connectivity index (χ3v) is 4.27. The van der Waals surface area contributed by atoms with Crippen LogP contribution in [0.1, 0.15) is 20.8 Å². The molecule has 8 heteroatoms. The maximum absolute atomic E-state index is 14.2. The quantitative estimate of drug-likeness (QED) is 0.371. The lowest BCUT2D eigenvalue weighted by Crippen LogP contribution is -2.34. The van der Waals surface area contributed by atoms with Gasteiger partial charge in [0.1, 0.15) is 11.4 Å². The van der Waals surface area contributed by atoms with Crippen molar-refractivity contribution < 1.29 is 18.7 Å². The Kier molecular flexibility index (Phi) is 4.10. The fourth-order valence-electron chi connectivity index (χ4n) is 2.60. The van der Waals surface area contributed by atoms with Crippen LogP contribution in [-0.2, 0) is 4.74 Å². The molecule has 0 atom stereocenters. The SMILES string of the molecule is CN(C(=O)OC(C)(C)C)c1cc(F)cc2c1[nH]c1c2ccc(Br)[n+]1[O-]. The number of carbonyl (C=O) groups is 1. The zero-order valence-corrected chi connectivity index (χ0v) is 15.8. The number of nitrogens with zero attached hydrogens (tertiary/aromatic N) is 2. The second kappa shape index (κ2) is 5.87. The Bertz CT molecular complexity index is 994. The number of hydrogen-bond donors (Lipinski definition) is 1. The molecule has 1 amide bonds. The van der Waals surface area contributed by atoms with E-state index in [2.05, 4.69) is 20.9 Å². The summed E-state index contributed by atoms with van der Waals surface area (Å²) in [6.07, 6.45) is -0.616. The summed E-state index contributed by atoms with van der Waals surface area (Å²) in [4.78, 5) is 16.5. The number of hydrogen-bond acceptors (Lipinski definition) is 3. The van der Waals surface area contributed by atoms with Crippen molar-refractivity contribution in [1.82, 2.24) is 4.98 Å². The van der Waals surface area contributed by atoms with Gasteiger partial charge in [0.25, 0.3) is 5.65 Å². The zero-order chi connectivity index (χ0) is 18.5. The number of benzene rings is 1. The molecule has 0 saturated carbocycles. The molecule has 2 heterocycles. The number of amides is 1. The van der Waals surface area contributed by atoms with E-state index in [1.807, 2.05) is 0 Å². The number of H-pyrrole nitrogens is 1. The van der Waals surface area contributed by atoms with Crippen LogP contribution in [0.15, 0.2) is 28.9 Å². The van der Waals surface area contributed by atoms with Crippen molar-refractivity contribution in [1.29, 1.82) is 0 Å². The van der Waals surface area contributed by atoms with Gasteiger partial charge >= 0.3 is 6.09 Å². The van der Waals surface area contributed by atoms with Crippen molar-refractivity contribution in [2.24, 2.45) is 0 Å². The Morgan fingerprint density at radius 2 is 2.00 bits per heavy atom. The largest absolute Gasteiger partial charge is 0.710 e. The lowest BCUT2D eigenvalue weighted by molar-refractivity contribution is -0.591. The summed E-state index contributed by atoms with van der Waals surface area (Å²) in [5.41, 5.74) is 0.360. The lowest BCUT2D eigenvalue weighted by Gasteiger charge is -2.24. The number of aromatic amines is 1. The summed E-state index contributed by atoms with van der Waals surface area (Å²) in [7, 11) is 1.50. The van der Waals surface area contributed by atoms with Gasteiger partial charge in [-0.2, -0.15) is 0 Å². The van der Waals surface area contributed by atoms with Crippen LogP contribution in [0.4, 0.5) is 14.9 Å². The smallest absolute Gasteiger partial charge is 0.414 e. The summed E-state index contributed by atoms with van der Waals surface area (Å²) < 4.78 is 20.5. The zero-order valence-electron chi connectivity index (χ0n) is 14.2. The van der Waals surface area contributed by atoms with Crippen LogP contribution in [0.5, 0.6) is 0 Å². The standard InChI is InChI=1S/C17H17BrFN3O3/c1-17(2,3)25-16(23)21(4)12-8-9(19)7-11-10-5-6-13(18)22(24)15(10)20-14(11)12/h5-8,20H,1-4H3. The van der Waals surface area contributed by atoms with Gasteiger partial charge in [-0.05, 0) is 54.9 Å². The number of rotatable bonds is 1. The Morgan fingerprint density at radius 1 is 1.32 bits per heavy atom. The summed E-state index contributed by atoms with van der Waals surface area (Å²) in [5, 5.41) is 13.3. The summed E-state index contributed by atoms with van der Waals surface area (Å²) in [6.45, 7) is 5.25. The van der Waals surface area contributed by atoms with Crippen LogP contribution >= 0.6 is 15.9 Å². The molecule has 3 aromatic rings. The molecule has 0 unspecified atom stereocenters. The molecular formula is C17H17BrFN3O3. The van der Waals surface area contributed by atoms with E-state index in [9.17, 15) is 14.4 Å². The molecule has 0 aliphatic carbocycles. The van der Waals surface area contributed by atoms with Gasteiger partial charge < -0.3 is 9.94 Å². The van der Waals surface area contributed by atoms with E-state index in [0.717, 1.165) is 0 Å². The van der Waals surface area contributed by atoms with Crippen LogP contribution in [0.2, 0.25) is 0 Å². The van der Waals surface area contributed by atoms with E-state index >= 15 is 0 Å². The lowest BCUT2D eigenvalue weighted by atomic mass is 10.1. The molecule has 2 aromatic heterocycles. The molecule has 0 saturated heterocycles. The Labute approximate surface area is 151 Å². The molecule has 0 aliphatic heterocycles. The van der Waals surface area contributed by atoms with Crippen LogP contribution in [0.3, 0.4) is 0 Å². The predicted molar refractivity (Wildman–Crippen MR) is 97.1 cm³/mol. The molecule has 3 rings (SSSR count). The Morgan fingerprint density at radius 3 is 2.64 bits per heavy atom. The maximum Gasteiger partial charge on any atom is 0.414 e. The normalized spacial score (nSPS) is 11.9. The predicted octanol–water partition coefficient (Wildman–Crippen LogP) is 4.23.